The van der Waals surface area contributed by atoms with Crippen molar-refractivity contribution < 1.29 is 13.9 Å². The van der Waals surface area contributed by atoms with Crippen molar-refractivity contribution in [3.63, 3.8) is 0 Å². The summed E-state index contributed by atoms with van der Waals surface area (Å²) in [6, 6.07) is 15.8. The lowest BCUT2D eigenvalue weighted by atomic mass is 9.73. The third-order valence-corrected chi connectivity index (χ3v) is 7.28. The molecule has 3 aliphatic heterocycles. The van der Waals surface area contributed by atoms with E-state index in [9.17, 15) is 9.18 Å². The minimum atomic E-state index is -0.419. The van der Waals surface area contributed by atoms with Crippen molar-refractivity contribution in [2.75, 3.05) is 26.7 Å². The molecule has 0 unspecified atom stereocenters. The minimum absolute atomic E-state index is 0.154. The van der Waals surface area contributed by atoms with Crippen LogP contribution in [0.2, 0.25) is 0 Å². The van der Waals surface area contributed by atoms with Gasteiger partial charge in [0.25, 0.3) is 5.91 Å². The molecule has 0 radical (unpaired) electrons. The van der Waals surface area contributed by atoms with Crippen LogP contribution >= 0.6 is 0 Å². The third kappa shape index (κ3) is 3.49. The molecular formula is C25H29FN2O2. The van der Waals surface area contributed by atoms with E-state index in [2.05, 4.69) is 29.2 Å². The molecule has 5 rings (SSSR count). The highest BCUT2D eigenvalue weighted by molar-refractivity contribution is 5.94. The van der Waals surface area contributed by atoms with E-state index in [0.29, 0.717) is 23.9 Å². The van der Waals surface area contributed by atoms with Crippen LogP contribution in [-0.2, 0) is 0 Å². The van der Waals surface area contributed by atoms with Crippen molar-refractivity contribution >= 4 is 5.91 Å². The van der Waals surface area contributed by atoms with Crippen molar-refractivity contribution in [1.29, 1.82) is 0 Å². The second-order valence-corrected chi connectivity index (χ2v) is 9.04. The first-order chi connectivity index (χ1) is 14.6. The van der Waals surface area contributed by atoms with Crippen LogP contribution in [0.1, 0.15) is 47.6 Å². The van der Waals surface area contributed by atoms with E-state index < -0.39 is 5.82 Å². The van der Waals surface area contributed by atoms with Gasteiger partial charge in [-0.25, -0.2) is 4.39 Å². The Hall–Kier alpha value is -2.40. The predicted molar refractivity (Wildman–Crippen MR) is 114 cm³/mol. The number of ether oxygens (including phenoxy) is 1. The number of rotatable bonds is 3. The molecule has 3 heterocycles. The second-order valence-electron chi connectivity index (χ2n) is 9.04. The first kappa shape index (κ1) is 19.6. The molecule has 3 aliphatic rings. The molecule has 30 heavy (non-hydrogen) atoms. The van der Waals surface area contributed by atoms with E-state index in [4.69, 9.17) is 4.74 Å². The molecule has 0 spiro atoms. The highest BCUT2D eigenvalue weighted by Crippen LogP contribution is 2.44. The lowest BCUT2D eigenvalue weighted by molar-refractivity contribution is -0.0512. The van der Waals surface area contributed by atoms with Gasteiger partial charge in [0, 0.05) is 31.7 Å². The molecule has 1 amide bonds. The van der Waals surface area contributed by atoms with E-state index >= 15 is 0 Å². The zero-order chi connectivity index (χ0) is 20.7. The Morgan fingerprint density at radius 1 is 1.03 bits per heavy atom. The Kier molecular flexibility index (Phi) is 5.23. The Morgan fingerprint density at radius 2 is 1.83 bits per heavy atom. The number of likely N-dealkylation sites (tertiary alicyclic amines) is 1. The minimum Gasteiger partial charge on any atom is -0.497 e. The third-order valence-electron chi connectivity index (χ3n) is 7.28. The quantitative estimate of drug-likeness (QED) is 0.749. The Bertz CT molecular complexity index is 916. The number of methoxy groups -OCH3 is 1. The monoisotopic (exact) mass is 408 g/mol. The van der Waals surface area contributed by atoms with Gasteiger partial charge in [0.2, 0.25) is 0 Å². The SMILES string of the molecule is COc1ccc([C@H]2CCC[C@H]3[C@@H]4C[C@@H](CN(C(=O)c5ccccc5F)C4)CN23)cc1. The van der Waals surface area contributed by atoms with E-state index in [0.717, 1.165) is 25.4 Å². The van der Waals surface area contributed by atoms with Gasteiger partial charge in [0.1, 0.15) is 11.6 Å². The van der Waals surface area contributed by atoms with Crippen molar-refractivity contribution in [3.8, 4) is 5.75 Å². The van der Waals surface area contributed by atoms with Crippen LogP contribution in [-0.4, -0.2) is 48.5 Å². The molecule has 158 valence electrons. The molecule has 0 saturated carbocycles. The van der Waals surface area contributed by atoms with Gasteiger partial charge in [-0.3, -0.25) is 9.69 Å². The van der Waals surface area contributed by atoms with Crippen LogP contribution in [0.5, 0.6) is 5.75 Å². The Labute approximate surface area is 177 Å². The fourth-order valence-electron chi connectivity index (χ4n) is 5.96. The average Bonchev–Trinajstić information content (AvgIpc) is 2.78. The number of benzene rings is 2. The van der Waals surface area contributed by atoms with Gasteiger partial charge in [-0.2, -0.15) is 0 Å². The Balaban J connectivity index is 1.35. The van der Waals surface area contributed by atoms with E-state index in [1.54, 1.807) is 25.3 Å². The van der Waals surface area contributed by atoms with Crippen molar-refractivity contribution in [1.82, 2.24) is 9.80 Å². The molecular weight excluding hydrogens is 379 g/mol. The molecule has 3 saturated heterocycles. The molecule has 0 aliphatic carbocycles. The molecule has 5 heteroatoms. The molecule has 2 aromatic rings. The number of carbonyl (C=O) groups excluding carboxylic acids is 1. The van der Waals surface area contributed by atoms with Crippen LogP contribution in [0.25, 0.3) is 0 Å². The first-order valence-corrected chi connectivity index (χ1v) is 11.1. The smallest absolute Gasteiger partial charge is 0.256 e. The molecule has 3 fully saturated rings. The zero-order valence-corrected chi connectivity index (χ0v) is 17.5. The standard InChI is InChI=1S/C25H29FN2O2/c1-30-20-11-9-18(10-12-20)23-7-4-8-24-19-13-17(15-28(23)24)14-27(16-19)25(29)21-5-2-3-6-22(21)26/h2-3,5-6,9-12,17,19,23-24H,4,7-8,13-16H2,1H3/t17-,19+,23+,24-/m0/s1. The molecule has 0 N–H and O–H groups in total. The highest BCUT2D eigenvalue weighted by atomic mass is 19.1. The van der Waals surface area contributed by atoms with Crippen LogP contribution in [0.4, 0.5) is 4.39 Å². The summed E-state index contributed by atoms with van der Waals surface area (Å²) in [5.74, 6) is 1.24. The number of piperidine rings is 3. The van der Waals surface area contributed by atoms with E-state index in [-0.39, 0.29) is 11.5 Å². The lowest BCUT2D eigenvalue weighted by Crippen LogP contribution is -2.60. The van der Waals surface area contributed by atoms with Gasteiger partial charge in [-0.1, -0.05) is 24.3 Å². The van der Waals surface area contributed by atoms with Crippen LogP contribution in [0.3, 0.4) is 0 Å². The number of hydrogen-bond donors (Lipinski definition) is 0. The number of fused-ring (bicyclic) bond motifs is 4. The molecule has 0 aromatic heterocycles. The van der Waals surface area contributed by atoms with Crippen LogP contribution < -0.4 is 4.74 Å². The van der Waals surface area contributed by atoms with Crippen molar-refractivity contribution in [2.45, 2.75) is 37.8 Å². The summed E-state index contributed by atoms with van der Waals surface area (Å²) in [6.07, 6.45) is 4.75. The lowest BCUT2D eigenvalue weighted by Gasteiger charge is -2.55. The number of amides is 1. The summed E-state index contributed by atoms with van der Waals surface area (Å²) >= 11 is 0. The van der Waals surface area contributed by atoms with Gasteiger partial charge in [-0.05, 0) is 67.3 Å². The summed E-state index contributed by atoms with van der Waals surface area (Å²) in [7, 11) is 1.70. The Morgan fingerprint density at radius 3 is 2.60 bits per heavy atom. The summed E-state index contributed by atoms with van der Waals surface area (Å²) in [6.45, 7) is 2.47. The predicted octanol–water partition coefficient (Wildman–Crippen LogP) is 4.52. The fourth-order valence-corrected chi connectivity index (χ4v) is 5.96. The maximum Gasteiger partial charge on any atom is 0.256 e. The van der Waals surface area contributed by atoms with Gasteiger partial charge in [0.05, 0.1) is 12.7 Å². The van der Waals surface area contributed by atoms with E-state index in [1.807, 2.05) is 4.90 Å². The molecule has 2 bridgehead atoms. The number of hydrogen-bond acceptors (Lipinski definition) is 3. The molecule has 4 atom stereocenters. The summed E-state index contributed by atoms with van der Waals surface area (Å²) in [5.41, 5.74) is 1.56. The number of nitrogens with zero attached hydrogens (tertiary/aromatic N) is 2. The van der Waals surface area contributed by atoms with E-state index in [1.165, 1.54) is 37.3 Å². The normalized spacial score (nSPS) is 28.7. The summed E-state index contributed by atoms with van der Waals surface area (Å²) in [4.78, 5) is 17.6. The van der Waals surface area contributed by atoms with Gasteiger partial charge < -0.3 is 9.64 Å². The zero-order valence-electron chi connectivity index (χ0n) is 17.5. The summed E-state index contributed by atoms with van der Waals surface area (Å²) < 4.78 is 19.5. The topological polar surface area (TPSA) is 32.8 Å². The number of halogens is 1. The van der Waals surface area contributed by atoms with Gasteiger partial charge >= 0.3 is 0 Å². The van der Waals surface area contributed by atoms with Crippen molar-refractivity contribution in [3.05, 3.63) is 65.5 Å². The van der Waals surface area contributed by atoms with Crippen LogP contribution in [0, 0.1) is 17.7 Å². The number of carbonyl (C=O) groups is 1. The maximum absolute atomic E-state index is 14.2. The van der Waals surface area contributed by atoms with Gasteiger partial charge in [-0.15, -0.1) is 0 Å². The second kappa shape index (κ2) is 8.03. The first-order valence-electron chi connectivity index (χ1n) is 11.1. The largest absolute Gasteiger partial charge is 0.497 e. The molecule has 4 nitrogen and oxygen atoms in total. The van der Waals surface area contributed by atoms with Crippen LogP contribution in [0.15, 0.2) is 48.5 Å². The summed E-state index contributed by atoms with van der Waals surface area (Å²) in [5, 5.41) is 0. The molecule has 2 aromatic carbocycles. The maximum atomic E-state index is 14.2. The average molecular weight is 409 g/mol. The highest BCUT2D eigenvalue weighted by Gasteiger charge is 2.45. The van der Waals surface area contributed by atoms with Crippen molar-refractivity contribution in [2.24, 2.45) is 11.8 Å². The fraction of sp³-hybridized carbons (Fsp3) is 0.480. The van der Waals surface area contributed by atoms with Gasteiger partial charge in [0.15, 0.2) is 0 Å².